The van der Waals surface area contributed by atoms with E-state index in [1.54, 1.807) is 0 Å². The lowest BCUT2D eigenvalue weighted by Gasteiger charge is -2.33. The van der Waals surface area contributed by atoms with Crippen LogP contribution in [0.15, 0.2) is 29.3 Å². The number of aliphatic imine (C=N–C) groups is 1. The van der Waals surface area contributed by atoms with Gasteiger partial charge in [0.15, 0.2) is 5.96 Å². The molecule has 142 valence electrons. The zero-order chi connectivity index (χ0) is 18.4. The van der Waals surface area contributed by atoms with Gasteiger partial charge in [-0.05, 0) is 44.9 Å². The minimum atomic E-state index is 0.661. The number of fused-ring (bicyclic) bond motifs is 1. The molecule has 6 nitrogen and oxygen atoms in total. The molecule has 2 heterocycles. The molecule has 0 amide bonds. The van der Waals surface area contributed by atoms with Crippen LogP contribution in [0.5, 0.6) is 0 Å². The first-order chi connectivity index (χ1) is 12.7. The normalized spacial score (nSPS) is 19.0. The maximum Gasteiger partial charge on any atom is 0.191 e. The summed E-state index contributed by atoms with van der Waals surface area (Å²) in [5.41, 5.74) is 2.19. The highest BCUT2D eigenvalue weighted by atomic mass is 15.2. The van der Waals surface area contributed by atoms with Crippen molar-refractivity contribution in [1.29, 1.82) is 0 Å². The number of nitrogens with one attached hydrogen (secondary N) is 2. The molecule has 1 aliphatic rings. The molecule has 1 saturated heterocycles. The number of hydrogen-bond acceptors (Lipinski definition) is 3. The van der Waals surface area contributed by atoms with Crippen LogP contribution in [0.4, 0.5) is 0 Å². The van der Waals surface area contributed by atoms with Gasteiger partial charge in [0.1, 0.15) is 5.82 Å². The number of para-hydroxylation sites is 2. The minimum Gasteiger partial charge on any atom is -0.356 e. The molecule has 0 bridgehead atoms. The van der Waals surface area contributed by atoms with E-state index in [4.69, 9.17) is 4.98 Å². The molecule has 2 N–H and O–H groups in total. The summed E-state index contributed by atoms with van der Waals surface area (Å²) in [5.74, 6) is 1.85. The molecule has 26 heavy (non-hydrogen) atoms. The van der Waals surface area contributed by atoms with E-state index in [2.05, 4.69) is 45.1 Å². The molecule has 3 rings (SSSR count). The number of aromatic nitrogens is 2. The van der Waals surface area contributed by atoms with Gasteiger partial charge in [-0.3, -0.25) is 4.99 Å². The zero-order valence-corrected chi connectivity index (χ0v) is 16.3. The summed E-state index contributed by atoms with van der Waals surface area (Å²) in [6.45, 7) is 6.36. The van der Waals surface area contributed by atoms with Gasteiger partial charge in [0, 0.05) is 33.2 Å². The van der Waals surface area contributed by atoms with E-state index in [1.807, 2.05) is 25.2 Å². The highest BCUT2D eigenvalue weighted by Crippen LogP contribution is 2.16. The third-order valence-corrected chi connectivity index (χ3v) is 5.37. The van der Waals surface area contributed by atoms with Gasteiger partial charge in [-0.25, -0.2) is 4.98 Å². The number of likely N-dealkylation sites (tertiary alicyclic amines) is 1. The quantitative estimate of drug-likeness (QED) is 0.474. The lowest BCUT2D eigenvalue weighted by molar-refractivity contribution is 0.159. The Morgan fingerprint density at radius 1 is 1.27 bits per heavy atom. The van der Waals surface area contributed by atoms with Gasteiger partial charge >= 0.3 is 0 Å². The first-order valence-corrected chi connectivity index (χ1v) is 9.78. The average molecular weight is 357 g/mol. The molecule has 0 aliphatic carbocycles. The van der Waals surface area contributed by atoms with Gasteiger partial charge in [0.25, 0.3) is 0 Å². The Balaban J connectivity index is 1.43. The van der Waals surface area contributed by atoms with Crippen LogP contribution in [-0.4, -0.2) is 53.1 Å². The topological polar surface area (TPSA) is 57.5 Å². The van der Waals surface area contributed by atoms with Crippen LogP contribution in [0.1, 0.15) is 38.4 Å². The highest BCUT2D eigenvalue weighted by molar-refractivity contribution is 5.80. The van der Waals surface area contributed by atoms with Crippen molar-refractivity contribution in [3.8, 4) is 0 Å². The van der Waals surface area contributed by atoms with Gasteiger partial charge in [-0.15, -0.1) is 0 Å². The number of guanidine groups is 1. The summed E-state index contributed by atoms with van der Waals surface area (Å²) in [6, 6.07) is 8.95. The first kappa shape index (κ1) is 18.7. The lowest BCUT2D eigenvalue weighted by Crippen LogP contribution is -2.41. The molecule has 1 fully saturated rings. The van der Waals surface area contributed by atoms with Crippen LogP contribution in [0.25, 0.3) is 11.0 Å². The number of hydrogen-bond donors (Lipinski definition) is 2. The van der Waals surface area contributed by atoms with E-state index >= 15 is 0 Å². The van der Waals surface area contributed by atoms with E-state index in [1.165, 1.54) is 25.8 Å². The number of piperidine rings is 1. The summed E-state index contributed by atoms with van der Waals surface area (Å²) in [5, 5.41) is 6.80. The number of nitrogens with zero attached hydrogens (tertiary/aromatic N) is 4. The fraction of sp³-hybridized carbons (Fsp3) is 0.600. The molecule has 1 aromatic carbocycles. The van der Waals surface area contributed by atoms with Crippen molar-refractivity contribution in [3.05, 3.63) is 30.1 Å². The Bertz CT molecular complexity index is 735. The Morgan fingerprint density at radius 2 is 2.12 bits per heavy atom. The fourth-order valence-corrected chi connectivity index (χ4v) is 3.72. The summed E-state index contributed by atoms with van der Waals surface area (Å²) < 4.78 is 2.13. The predicted molar refractivity (Wildman–Crippen MR) is 108 cm³/mol. The largest absolute Gasteiger partial charge is 0.356 e. The van der Waals surface area contributed by atoms with Crippen LogP contribution in [0.3, 0.4) is 0 Å². The number of benzene rings is 1. The van der Waals surface area contributed by atoms with E-state index in [-0.39, 0.29) is 0 Å². The summed E-state index contributed by atoms with van der Waals surface area (Å²) >= 11 is 0. The van der Waals surface area contributed by atoms with Crippen LogP contribution < -0.4 is 10.6 Å². The second-order valence-corrected chi connectivity index (χ2v) is 7.16. The standard InChI is InChI=1S/C20H32N6/c1-16-9-6-7-13-26(16)14-8-12-22-20(21-2)23-15-19-24-17-10-4-5-11-18(17)25(19)3/h4-5,10-11,16H,6-9,12-15H2,1-3H3,(H2,21,22,23). The molecular weight excluding hydrogens is 324 g/mol. The van der Waals surface area contributed by atoms with Crippen molar-refractivity contribution in [3.63, 3.8) is 0 Å². The van der Waals surface area contributed by atoms with Crippen molar-refractivity contribution in [2.45, 2.75) is 45.2 Å². The SMILES string of the molecule is CN=C(NCCCN1CCCCC1C)NCc1nc2ccccc2n1C. The molecular formula is C20H32N6. The van der Waals surface area contributed by atoms with Gasteiger partial charge in [0.05, 0.1) is 17.6 Å². The number of rotatable bonds is 6. The van der Waals surface area contributed by atoms with Crippen LogP contribution in [0, 0.1) is 0 Å². The summed E-state index contributed by atoms with van der Waals surface area (Å²) in [6.07, 6.45) is 5.21. The van der Waals surface area contributed by atoms with Crippen molar-refractivity contribution < 1.29 is 0 Å². The van der Waals surface area contributed by atoms with E-state index in [0.29, 0.717) is 6.54 Å². The Labute approximate surface area is 156 Å². The molecule has 1 unspecified atom stereocenters. The van der Waals surface area contributed by atoms with Gasteiger partial charge in [0.2, 0.25) is 0 Å². The molecule has 2 aromatic rings. The van der Waals surface area contributed by atoms with E-state index < -0.39 is 0 Å². The average Bonchev–Trinajstić information content (AvgIpc) is 2.99. The maximum absolute atomic E-state index is 4.70. The third kappa shape index (κ3) is 4.55. The van der Waals surface area contributed by atoms with Crippen LogP contribution in [-0.2, 0) is 13.6 Å². The smallest absolute Gasteiger partial charge is 0.191 e. The van der Waals surface area contributed by atoms with Crippen molar-refractivity contribution in [1.82, 2.24) is 25.1 Å². The van der Waals surface area contributed by atoms with Gasteiger partial charge in [-0.1, -0.05) is 18.6 Å². The fourth-order valence-electron chi connectivity index (χ4n) is 3.72. The maximum atomic E-state index is 4.70. The monoisotopic (exact) mass is 356 g/mol. The lowest BCUT2D eigenvalue weighted by atomic mass is 10.0. The molecule has 0 radical (unpaired) electrons. The zero-order valence-electron chi connectivity index (χ0n) is 16.3. The molecule has 1 atom stereocenters. The minimum absolute atomic E-state index is 0.661. The highest BCUT2D eigenvalue weighted by Gasteiger charge is 2.17. The molecule has 0 spiro atoms. The van der Waals surface area contributed by atoms with Crippen LogP contribution >= 0.6 is 0 Å². The van der Waals surface area contributed by atoms with Gasteiger partial charge in [-0.2, -0.15) is 0 Å². The second-order valence-electron chi connectivity index (χ2n) is 7.16. The number of imidazole rings is 1. The Morgan fingerprint density at radius 3 is 2.88 bits per heavy atom. The molecule has 1 aliphatic heterocycles. The molecule has 1 aromatic heterocycles. The van der Waals surface area contributed by atoms with Crippen molar-refractivity contribution in [2.24, 2.45) is 12.0 Å². The van der Waals surface area contributed by atoms with E-state index in [0.717, 1.165) is 48.4 Å². The Kier molecular flexibility index (Phi) is 6.50. The molecule has 0 saturated carbocycles. The molecule has 6 heteroatoms. The third-order valence-electron chi connectivity index (χ3n) is 5.37. The Hall–Kier alpha value is -2.08. The summed E-state index contributed by atoms with van der Waals surface area (Å²) in [7, 11) is 3.87. The predicted octanol–water partition coefficient (Wildman–Crippen LogP) is 2.50. The van der Waals surface area contributed by atoms with E-state index in [9.17, 15) is 0 Å². The van der Waals surface area contributed by atoms with Gasteiger partial charge < -0.3 is 20.1 Å². The summed E-state index contributed by atoms with van der Waals surface area (Å²) in [4.78, 5) is 11.6. The van der Waals surface area contributed by atoms with Crippen molar-refractivity contribution >= 4 is 17.0 Å². The van der Waals surface area contributed by atoms with Crippen LogP contribution in [0.2, 0.25) is 0 Å². The first-order valence-electron chi connectivity index (χ1n) is 9.78. The second kappa shape index (κ2) is 9.03. The number of aryl methyl sites for hydroxylation is 1. The van der Waals surface area contributed by atoms with Crippen molar-refractivity contribution in [2.75, 3.05) is 26.7 Å².